The number of alkyl halides is 1. The Morgan fingerprint density at radius 3 is 2.56 bits per heavy atom. The van der Waals surface area contributed by atoms with Gasteiger partial charge in [-0.3, -0.25) is 34.2 Å². The number of β-lactam (4-membered cyclic amide) rings is 1. The topological polar surface area (TPSA) is 138 Å². The molecule has 172 valence electrons. The van der Waals surface area contributed by atoms with Crippen molar-refractivity contribution < 1.29 is 32.9 Å². The van der Waals surface area contributed by atoms with Crippen LogP contribution in [-0.4, -0.2) is 64.3 Å². The second-order valence-electron chi connectivity index (χ2n) is 6.69. The molecular weight excluding hydrogens is 529 g/mol. The zero-order valence-electron chi connectivity index (χ0n) is 17.2. The predicted octanol–water partition coefficient (Wildman–Crippen LogP) is 3.28. The van der Waals surface area contributed by atoms with Crippen LogP contribution in [0, 0.1) is 10.1 Å². The number of benzene rings is 1. The van der Waals surface area contributed by atoms with Crippen LogP contribution in [0.5, 0.6) is 0 Å². The smallest absolute Gasteiger partial charge is 0.377 e. The Hall–Kier alpha value is -2.05. The Labute approximate surface area is 196 Å². The van der Waals surface area contributed by atoms with E-state index in [9.17, 15) is 24.3 Å². The van der Waals surface area contributed by atoms with Crippen LogP contribution < -0.4 is 0 Å². The van der Waals surface area contributed by atoms with Gasteiger partial charge in [0.1, 0.15) is 17.4 Å². The van der Waals surface area contributed by atoms with E-state index in [-0.39, 0.29) is 17.7 Å². The Kier molecular flexibility index (Phi) is 7.25. The molecule has 3 rings (SSSR count). The zero-order chi connectivity index (χ0) is 23.7. The predicted molar refractivity (Wildman–Crippen MR) is 121 cm³/mol. The molecule has 0 radical (unpaired) electrons. The molecule has 1 amide bonds. The SMILES string of the molecule is COP(=O)(OC)C1=C(COC(C)=O)CS[C@H]2N1C(=O)[C@@]2(Br)/N=C/c1ccc([N+](=O)[O-])cc1. The van der Waals surface area contributed by atoms with Crippen molar-refractivity contribution in [3.05, 3.63) is 51.0 Å². The monoisotopic (exact) mass is 547 g/mol. The minimum absolute atomic E-state index is 0.0399. The van der Waals surface area contributed by atoms with Crippen LogP contribution in [-0.2, 0) is 27.9 Å². The number of esters is 1. The molecule has 0 spiro atoms. The number of hydrogen-bond donors (Lipinski definition) is 0. The first-order valence-electron chi connectivity index (χ1n) is 9.08. The zero-order valence-corrected chi connectivity index (χ0v) is 20.5. The van der Waals surface area contributed by atoms with Gasteiger partial charge in [-0.05, 0) is 33.6 Å². The standard InChI is InChI=1S/C18H19BrN3O8PS/c1-11(23)30-9-13-10-32-17-18(19,16(24)21(17)15(13)31(27,28-2)29-3)20-8-12-4-6-14(7-5-12)22(25)26/h4-8,17H,9-10H2,1-3H3/b20-8+/t17-,18-/m1/s1. The number of aliphatic imine (C=N–C) groups is 1. The average molecular weight is 548 g/mol. The van der Waals surface area contributed by atoms with Gasteiger partial charge in [0.2, 0.25) is 4.45 Å². The first-order chi connectivity index (χ1) is 15.1. The Morgan fingerprint density at radius 2 is 2.03 bits per heavy atom. The van der Waals surface area contributed by atoms with Crippen LogP contribution in [0.4, 0.5) is 5.69 Å². The number of non-ortho nitro benzene ring substituents is 1. The highest BCUT2D eigenvalue weighted by Gasteiger charge is 2.65. The molecule has 2 heterocycles. The number of nitrogens with zero attached hydrogens (tertiary/aromatic N) is 3. The van der Waals surface area contributed by atoms with Gasteiger partial charge in [-0.1, -0.05) is 0 Å². The summed E-state index contributed by atoms with van der Waals surface area (Å²) >= 11 is 4.73. The van der Waals surface area contributed by atoms with Gasteiger partial charge in [0, 0.05) is 50.8 Å². The average Bonchev–Trinajstić information content (AvgIpc) is 2.79. The van der Waals surface area contributed by atoms with Crippen LogP contribution in [0.15, 0.2) is 40.3 Å². The maximum absolute atomic E-state index is 13.2. The molecule has 1 saturated heterocycles. The summed E-state index contributed by atoms with van der Waals surface area (Å²) in [7, 11) is -1.45. The largest absolute Gasteiger partial charge is 0.461 e. The summed E-state index contributed by atoms with van der Waals surface area (Å²) in [6.07, 6.45) is 1.43. The van der Waals surface area contributed by atoms with Crippen molar-refractivity contribution in [2.24, 2.45) is 4.99 Å². The second-order valence-corrected chi connectivity index (χ2v) is 11.1. The molecule has 32 heavy (non-hydrogen) atoms. The van der Waals surface area contributed by atoms with Gasteiger partial charge in [0.15, 0.2) is 0 Å². The van der Waals surface area contributed by atoms with Gasteiger partial charge in [-0.2, -0.15) is 0 Å². The lowest BCUT2D eigenvalue weighted by atomic mass is 10.1. The fourth-order valence-corrected chi connectivity index (χ4v) is 7.02. The summed E-state index contributed by atoms with van der Waals surface area (Å²) in [5, 5.41) is 10.2. The third-order valence-electron chi connectivity index (χ3n) is 4.74. The van der Waals surface area contributed by atoms with Crippen LogP contribution >= 0.6 is 35.3 Å². The van der Waals surface area contributed by atoms with Crippen molar-refractivity contribution in [2.45, 2.75) is 16.7 Å². The minimum Gasteiger partial charge on any atom is -0.461 e. The molecule has 2 aliphatic heterocycles. The highest BCUT2D eigenvalue weighted by atomic mass is 79.9. The summed E-state index contributed by atoms with van der Waals surface area (Å²) in [6.45, 7) is 1.09. The molecule has 1 aromatic rings. The summed E-state index contributed by atoms with van der Waals surface area (Å²) < 4.78 is 27.2. The molecule has 1 aromatic carbocycles. The number of halogens is 1. The normalized spacial score (nSPS) is 23.2. The van der Waals surface area contributed by atoms with Crippen molar-refractivity contribution >= 4 is 59.1 Å². The van der Waals surface area contributed by atoms with E-state index in [0.29, 0.717) is 16.9 Å². The van der Waals surface area contributed by atoms with Gasteiger partial charge < -0.3 is 13.8 Å². The van der Waals surface area contributed by atoms with E-state index >= 15 is 0 Å². The Balaban J connectivity index is 1.91. The lowest BCUT2D eigenvalue weighted by Gasteiger charge is -2.53. The number of nitro groups is 1. The number of fused-ring (bicyclic) bond motifs is 1. The Morgan fingerprint density at radius 1 is 1.41 bits per heavy atom. The van der Waals surface area contributed by atoms with Crippen molar-refractivity contribution in [1.29, 1.82) is 0 Å². The van der Waals surface area contributed by atoms with Gasteiger partial charge in [-0.25, -0.2) is 0 Å². The molecule has 2 atom stereocenters. The molecule has 11 nitrogen and oxygen atoms in total. The van der Waals surface area contributed by atoms with E-state index in [1.807, 2.05) is 0 Å². The summed E-state index contributed by atoms with van der Waals surface area (Å²) in [5.41, 5.74) is 0.982. The number of nitro benzene ring substituents is 1. The number of ether oxygens (including phenoxy) is 1. The fraction of sp³-hybridized carbons (Fsp3) is 0.389. The summed E-state index contributed by atoms with van der Waals surface area (Å²) in [5.74, 6) is -0.725. The van der Waals surface area contributed by atoms with Crippen molar-refractivity contribution in [3.63, 3.8) is 0 Å². The third-order valence-corrected chi connectivity index (χ3v) is 9.41. The van der Waals surface area contributed by atoms with Crippen LogP contribution in [0.25, 0.3) is 0 Å². The first-order valence-corrected chi connectivity index (χ1v) is 12.5. The van der Waals surface area contributed by atoms with Crippen LogP contribution in [0.3, 0.4) is 0 Å². The van der Waals surface area contributed by atoms with Crippen LogP contribution in [0.1, 0.15) is 12.5 Å². The van der Waals surface area contributed by atoms with E-state index in [2.05, 4.69) is 20.9 Å². The van der Waals surface area contributed by atoms with Gasteiger partial charge in [0.25, 0.3) is 11.6 Å². The van der Waals surface area contributed by atoms with Gasteiger partial charge >= 0.3 is 13.6 Å². The molecule has 0 bridgehead atoms. The summed E-state index contributed by atoms with van der Waals surface area (Å²) in [4.78, 5) is 40.3. The van der Waals surface area contributed by atoms with E-state index < -0.39 is 34.2 Å². The van der Waals surface area contributed by atoms with Crippen LogP contribution in [0.2, 0.25) is 0 Å². The number of carbonyl (C=O) groups excluding carboxylic acids is 2. The molecule has 14 heteroatoms. The molecule has 0 unspecified atom stereocenters. The van der Waals surface area contributed by atoms with Crippen molar-refractivity contribution in [2.75, 3.05) is 26.6 Å². The fourth-order valence-electron chi connectivity index (χ4n) is 3.13. The number of hydrogen-bond acceptors (Lipinski definition) is 10. The van der Waals surface area contributed by atoms with Crippen molar-refractivity contribution in [1.82, 2.24) is 4.90 Å². The van der Waals surface area contributed by atoms with E-state index in [4.69, 9.17) is 13.8 Å². The third kappa shape index (κ3) is 4.40. The van der Waals surface area contributed by atoms with E-state index in [0.717, 1.165) is 0 Å². The number of rotatable bonds is 8. The number of carbonyl (C=O) groups is 2. The maximum atomic E-state index is 13.2. The highest BCUT2D eigenvalue weighted by Crippen LogP contribution is 2.64. The first kappa shape index (κ1) is 24.6. The van der Waals surface area contributed by atoms with E-state index in [1.165, 1.54) is 68.3 Å². The molecule has 2 aliphatic rings. The highest BCUT2D eigenvalue weighted by molar-refractivity contribution is 9.10. The number of thioether (sulfide) groups is 1. The van der Waals surface area contributed by atoms with E-state index in [1.54, 1.807) is 0 Å². The maximum Gasteiger partial charge on any atom is 0.377 e. The molecule has 1 fully saturated rings. The molecule has 0 N–H and O–H groups in total. The lowest BCUT2D eigenvalue weighted by molar-refractivity contribution is -0.384. The number of amides is 1. The lowest BCUT2D eigenvalue weighted by Crippen LogP contribution is -2.69. The van der Waals surface area contributed by atoms with Gasteiger partial charge in [-0.15, -0.1) is 11.8 Å². The second kappa shape index (κ2) is 9.44. The molecule has 0 saturated carbocycles. The summed E-state index contributed by atoms with van der Waals surface area (Å²) in [6, 6.07) is 5.70. The molecule has 0 aromatic heterocycles. The molecule has 0 aliphatic carbocycles. The quantitative estimate of drug-likeness (QED) is 0.0700. The van der Waals surface area contributed by atoms with Gasteiger partial charge in [0.05, 0.1) is 4.92 Å². The van der Waals surface area contributed by atoms with Crippen molar-refractivity contribution in [3.8, 4) is 0 Å². The minimum atomic E-state index is -3.86. The molecular formula is C18H19BrN3O8PS. The Bertz CT molecular complexity index is 1050.